The molecule has 7 nitrogen and oxygen atoms in total. The lowest BCUT2D eigenvalue weighted by Crippen LogP contribution is -2.40. The summed E-state index contributed by atoms with van der Waals surface area (Å²) in [5.74, 6) is -1.51. The largest absolute Gasteiger partial charge is 0.481 e. The normalized spacial score (nSPS) is 13.0. The summed E-state index contributed by atoms with van der Waals surface area (Å²) in [6, 6.07) is 4.60. The number of carbonyl (C=O) groups excluding carboxylic acids is 1. The minimum atomic E-state index is -3.81. The summed E-state index contributed by atoms with van der Waals surface area (Å²) in [5.41, 5.74) is 0.235. The summed E-state index contributed by atoms with van der Waals surface area (Å²) in [4.78, 5) is 22.7. The van der Waals surface area contributed by atoms with Crippen molar-refractivity contribution < 1.29 is 23.1 Å². The molecule has 116 valence electrons. The van der Waals surface area contributed by atoms with Crippen molar-refractivity contribution in [3.8, 4) is 0 Å². The molecule has 0 spiro atoms. The van der Waals surface area contributed by atoms with Crippen molar-refractivity contribution in [1.82, 2.24) is 5.32 Å². The van der Waals surface area contributed by atoms with E-state index in [0.717, 1.165) is 0 Å². The number of rotatable bonds is 6. The van der Waals surface area contributed by atoms with Crippen molar-refractivity contribution in [3.63, 3.8) is 0 Å². The molecule has 0 radical (unpaired) electrons. The zero-order valence-electron chi connectivity index (χ0n) is 11.7. The van der Waals surface area contributed by atoms with E-state index in [1.54, 1.807) is 13.8 Å². The molecule has 0 aromatic heterocycles. The molecule has 1 amide bonds. The molecule has 0 aliphatic rings. The number of sulfonamides is 1. The molecule has 0 aliphatic heterocycles. The first-order chi connectivity index (χ1) is 9.61. The van der Waals surface area contributed by atoms with Crippen molar-refractivity contribution >= 4 is 21.9 Å². The van der Waals surface area contributed by atoms with Crippen LogP contribution in [0.1, 0.15) is 30.6 Å². The molecule has 0 unspecified atom stereocenters. The summed E-state index contributed by atoms with van der Waals surface area (Å²) >= 11 is 0. The Labute approximate surface area is 123 Å². The Morgan fingerprint density at radius 3 is 2.14 bits per heavy atom. The highest BCUT2D eigenvalue weighted by Gasteiger charge is 2.20. The Kier molecular flexibility index (Phi) is 5.45. The highest BCUT2D eigenvalue weighted by atomic mass is 32.2. The Balaban J connectivity index is 2.86. The molecule has 0 aliphatic carbocycles. The van der Waals surface area contributed by atoms with Crippen LogP contribution in [-0.4, -0.2) is 31.4 Å². The first kappa shape index (κ1) is 17.1. The Hall–Kier alpha value is -1.93. The zero-order valence-corrected chi connectivity index (χ0v) is 12.6. The number of carbonyl (C=O) groups is 2. The van der Waals surface area contributed by atoms with Gasteiger partial charge in [0, 0.05) is 11.6 Å². The molecule has 0 fully saturated rings. The quantitative estimate of drug-likeness (QED) is 0.707. The summed E-state index contributed by atoms with van der Waals surface area (Å²) in [6.45, 7) is 3.61. The Bertz CT molecular complexity index is 622. The van der Waals surface area contributed by atoms with Crippen LogP contribution < -0.4 is 10.5 Å². The van der Waals surface area contributed by atoms with Gasteiger partial charge in [0.05, 0.1) is 11.3 Å². The lowest BCUT2D eigenvalue weighted by Gasteiger charge is -2.20. The second-order valence-electron chi connectivity index (χ2n) is 4.99. The number of hydrogen-bond donors (Lipinski definition) is 3. The van der Waals surface area contributed by atoms with E-state index < -0.39 is 27.9 Å². The van der Waals surface area contributed by atoms with Gasteiger partial charge in [-0.2, -0.15) is 0 Å². The van der Waals surface area contributed by atoms with Gasteiger partial charge in [-0.15, -0.1) is 0 Å². The van der Waals surface area contributed by atoms with Crippen LogP contribution in [0.15, 0.2) is 29.2 Å². The van der Waals surface area contributed by atoms with E-state index in [2.05, 4.69) is 5.32 Å². The van der Waals surface area contributed by atoms with Crippen LogP contribution in [0.25, 0.3) is 0 Å². The van der Waals surface area contributed by atoms with Gasteiger partial charge < -0.3 is 10.4 Å². The maximum absolute atomic E-state index is 12.0. The van der Waals surface area contributed by atoms with Crippen molar-refractivity contribution in [2.45, 2.75) is 31.2 Å². The third-order valence-corrected chi connectivity index (χ3v) is 3.89. The van der Waals surface area contributed by atoms with Crippen LogP contribution in [0.2, 0.25) is 0 Å². The molecule has 1 aromatic rings. The number of benzene rings is 1. The lowest BCUT2D eigenvalue weighted by atomic mass is 10.0. The highest BCUT2D eigenvalue weighted by molar-refractivity contribution is 7.89. The maximum Gasteiger partial charge on any atom is 0.305 e. The number of carboxylic acids is 1. The number of hydrogen-bond acceptors (Lipinski definition) is 4. The van der Waals surface area contributed by atoms with Crippen LogP contribution in [-0.2, 0) is 14.8 Å². The fourth-order valence-electron chi connectivity index (χ4n) is 1.69. The van der Waals surface area contributed by atoms with Crippen LogP contribution in [0.5, 0.6) is 0 Å². The smallest absolute Gasteiger partial charge is 0.305 e. The third kappa shape index (κ3) is 5.16. The molecule has 21 heavy (non-hydrogen) atoms. The molecule has 0 saturated heterocycles. The van der Waals surface area contributed by atoms with Crippen molar-refractivity contribution in [2.75, 3.05) is 0 Å². The second-order valence-corrected chi connectivity index (χ2v) is 6.55. The average Bonchev–Trinajstić information content (AvgIpc) is 2.36. The standard InChI is InChI=1S/C13H18N2O5S/c1-8(2)11(7-12(16)17)15-13(18)9-3-5-10(6-4-9)21(14,19)20/h3-6,8,11H,7H2,1-2H3,(H,15,18)(H,16,17)(H2,14,19,20)/t11-/m1/s1. The highest BCUT2D eigenvalue weighted by Crippen LogP contribution is 2.11. The van der Waals surface area contributed by atoms with Gasteiger partial charge in [-0.3, -0.25) is 9.59 Å². The van der Waals surface area contributed by atoms with Crippen molar-refractivity contribution in [3.05, 3.63) is 29.8 Å². The summed E-state index contributed by atoms with van der Waals surface area (Å²) in [5, 5.41) is 16.4. The third-order valence-electron chi connectivity index (χ3n) is 2.96. The first-order valence-corrected chi connectivity index (χ1v) is 7.81. The fourth-order valence-corrected chi connectivity index (χ4v) is 2.20. The fraction of sp³-hybridized carbons (Fsp3) is 0.385. The molecule has 0 bridgehead atoms. The topological polar surface area (TPSA) is 127 Å². The second kappa shape index (κ2) is 6.68. The van der Waals surface area contributed by atoms with E-state index in [9.17, 15) is 18.0 Å². The SMILES string of the molecule is CC(C)[C@@H](CC(=O)O)NC(=O)c1ccc(S(N)(=O)=O)cc1. The minimum absolute atomic E-state index is 0.0475. The predicted octanol–water partition coefficient (Wildman–Crippen LogP) is 0.563. The van der Waals surface area contributed by atoms with Crippen LogP contribution in [0.3, 0.4) is 0 Å². The van der Waals surface area contributed by atoms with Crippen LogP contribution >= 0.6 is 0 Å². The molecule has 0 heterocycles. The van der Waals surface area contributed by atoms with E-state index in [4.69, 9.17) is 10.2 Å². The summed E-state index contributed by atoms with van der Waals surface area (Å²) in [6.07, 6.45) is -0.182. The van der Waals surface area contributed by atoms with E-state index in [0.29, 0.717) is 0 Å². The number of nitrogens with two attached hydrogens (primary N) is 1. The molecule has 8 heteroatoms. The zero-order chi connectivity index (χ0) is 16.2. The van der Waals surface area contributed by atoms with Gasteiger partial charge in [-0.05, 0) is 30.2 Å². The van der Waals surface area contributed by atoms with E-state index in [1.165, 1.54) is 24.3 Å². The average molecular weight is 314 g/mol. The van der Waals surface area contributed by atoms with E-state index in [-0.39, 0.29) is 22.8 Å². The molecular weight excluding hydrogens is 296 g/mol. The van der Waals surface area contributed by atoms with E-state index in [1.807, 2.05) is 0 Å². The van der Waals surface area contributed by atoms with Gasteiger partial charge in [0.2, 0.25) is 10.0 Å². The maximum atomic E-state index is 12.0. The van der Waals surface area contributed by atoms with Crippen LogP contribution in [0.4, 0.5) is 0 Å². The van der Waals surface area contributed by atoms with Gasteiger partial charge in [0.25, 0.3) is 5.91 Å². The monoisotopic (exact) mass is 314 g/mol. The van der Waals surface area contributed by atoms with Gasteiger partial charge in [-0.1, -0.05) is 13.8 Å². The molecule has 1 aromatic carbocycles. The molecule has 1 rings (SSSR count). The number of nitrogens with one attached hydrogen (secondary N) is 1. The lowest BCUT2D eigenvalue weighted by molar-refractivity contribution is -0.137. The van der Waals surface area contributed by atoms with Gasteiger partial charge in [0.1, 0.15) is 0 Å². The first-order valence-electron chi connectivity index (χ1n) is 6.26. The molecule has 1 atom stereocenters. The number of aliphatic carboxylic acids is 1. The van der Waals surface area contributed by atoms with Crippen molar-refractivity contribution in [1.29, 1.82) is 0 Å². The molecule has 4 N–H and O–H groups in total. The molecule has 0 saturated carbocycles. The number of primary sulfonamides is 1. The predicted molar refractivity (Wildman–Crippen MR) is 76.2 cm³/mol. The van der Waals surface area contributed by atoms with Crippen molar-refractivity contribution in [2.24, 2.45) is 11.1 Å². The van der Waals surface area contributed by atoms with Crippen LogP contribution in [0, 0.1) is 5.92 Å². The number of carboxylic acid groups (broad SMARTS) is 1. The van der Waals surface area contributed by atoms with Gasteiger partial charge in [-0.25, -0.2) is 13.6 Å². The Morgan fingerprint density at radius 1 is 1.24 bits per heavy atom. The van der Waals surface area contributed by atoms with Gasteiger partial charge in [0.15, 0.2) is 0 Å². The molecular formula is C13H18N2O5S. The minimum Gasteiger partial charge on any atom is -0.481 e. The van der Waals surface area contributed by atoms with Gasteiger partial charge >= 0.3 is 5.97 Å². The van der Waals surface area contributed by atoms with E-state index >= 15 is 0 Å². The summed E-state index contributed by atoms with van der Waals surface area (Å²) in [7, 11) is -3.81. The summed E-state index contributed by atoms with van der Waals surface area (Å²) < 4.78 is 22.2. The number of amides is 1. The Morgan fingerprint density at radius 2 is 1.76 bits per heavy atom.